The van der Waals surface area contributed by atoms with E-state index in [1.165, 1.54) is 0 Å². The maximum atomic E-state index is 8.64. The number of halogens is 4. The molecule has 0 fully saturated rings. The van der Waals surface area contributed by atoms with Gasteiger partial charge in [0.1, 0.15) is 10.1 Å². The highest BCUT2D eigenvalue weighted by molar-refractivity contribution is 6.59. The van der Waals surface area contributed by atoms with Crippen molar-refractivity contribution >= 4 is 46.4 Å². The number of alkyl halides is 1. The smallest absolute Gasteiger partial charge is 0.128 e. The SMILES string of the molecule is OC(Cl)CCCC(Cl)=C(Cl)Cl. The average Bonchev–Trinajstić information content (AvgIpc) is 1.86. The molecule has 11 heavy (non-hydrogen) atoms. The maximum Gasteiger partial charge on any atom is 0.128 e. The van der Waals surface area contributed by atoms with E-state index in [-0.39, 0.29) is 4.49 Å². The number of rotatable bonds is 4. The Kier molecular flexibility index (Phi) is 6.88. The molecule has 0 spiro atoms. The summed E-state index contributed by atoms with van der Waals surface area (Å²) in [7, 11) is 0. The van der Waals surface area contributed by atoms with E-state index < -0.39 is 5.56 Å². The largest absolute Gasteiger partial charge is 0.378 e. The molecule has 0 rings (SSSR count). The summed E-state index contributed by atoms with van der Waals surface area (Å²) in [5, 5.41) is 9.05. The van der Waals surface area contributed by atoms with Gasteiger partial charge in [0.2, 0.25) is 0 Å². The molecular weight excluding hydrogens is 230 g/mol. The van der Waals surface area contributed by atoms with E-state index in [2.05, 4.69) is 0 Å². The third kappa shape index (κ3) is 7.23. The molecule has 0 bridgehead atoms. The summed E-state index contributed by atoms with van der Waals surface area (Å²) in [5.74, 6) is 0. The Morgan fingerprint density at radius 2 is 1.82 bits per heavy atom. The molecule has 0 radical (unpaired) electrons. The van der Waals surface area contributed by atoms with Crippen LogP contribution in [-0.2, 0) is 0 Å². The molecule has 0 aliphatic heterocycles. The fraction of sp³-hybridized carbons (Fsp3) is 0.667. The number of hydrogen-bond donors (Lipinski definition) is 1. The second kappa shape index (κ2) is 6.38. The minimum absolute atomic E-state index is 0.0794. The Morgan fingerprint density at radius 3 is 2.18 bits per heavy atom. The summed E-state index contributed by atoms with van der Waals surface area (Å²) in [5.41, 5.74) is -0.812. The Labute approximate surface area is 85.9 Å². The highest BCUT2D eigenvalue weighted by Crippen LogP contribution is 2.23. The van der Waals surface area contributed by atoms with Gasteiger partial charge in [-0.3, -0.25) is 0 Å². The van der Waals surface area contributed by atoms with Gasteiger partial charge in [0.25, 0.3) is 0 Å². The molecule has 1 unspecified atom stereocenters. The van der Waals surface area contributed by atoms with Gasteiger partial charge in [-0.2, -0.15) is 0 Å². The first-order valence-corrected chi connectivity index (χ1v) is 4.63. The van der Waals surface area contributed by atoms with Crippen LogP contribution in [0.1, 0.15) is 19.3 Å². The molecular formula is C6H8Cl4O. The molecule has 0 saturated carbocycles. The second-order valence-corrected chi connectivity index (χ2v) is 3.90. The predicted molar refractivity (Wildman–Crippen MR) is 50.3 cm³/mol. The minimum Gasteiger partial charge on any atom is -0.378 e. The molecule has 5 heteroatoms. The Morgan fingerprint density at radius 1 is 1.27 bits per heavy atom. The van der Waals surface area contributed by atoms with Crippen LogP contribution in [0.4, 0.5) is 0 Å². The van der Waals surface area contributed by atoms with E-state index in [1.54, 1.807) is 0 Å². The zero-order chi connectivity index (χ0) is 8.85. The van der Waals surface area contributed by atoms with Crippen LogP contribution in [0.5, 0.6) is 0 Å². The zero-order valence-corrected chi connectivity index (χ0v) is 8.68. The zero-order valence-electron chi connectivity index (χ0n) is 5.66. The van der Waals surface area contributed by atoms with Crippen molar-refractivity contribution in [3.05, 3.63) is 9.52 Å². The first kappa shape index (κ1) is 11.9. The van der Waals surface area contributed by atoms with Crippen LogP contribution in [0.15, 0.2) is 9.52 Å². The lowest BCUT2D eigenvalue weighted by atomic mass is 10.2. The van der Waals surface area contributed by atoms with Gasteiger partial charge >= 0.3 is 0 Å². The van der Waals surface area contributed by atoms with Crippen LogP contribution in [0.3, 0.4) is 0 Å². The van der Waals surface area contributed by atoms with Gasteiger partial charge in [0, 0.05) is 5.03 Å². The Bertz CT molecular complexity index is 140. The van der Waals surface area contributed by atoms with Crippen LogP contribution < -0.4 is 0 Å². The third-order valence-corrected chi connectivity index (χ3v) is 2.29. The van der Waals surface area contributed by atoms with Gasteiger partial charge < -0.3 is 5.11 Å². The third-order valence-electron chi connectivity index (χ3n) is 1.04. The fourth-order valence-electron chi connectivity index (χ4n) is 0.520. The van der Waals surface area contributed by atoms with Gasteiger partial charge in [0.15, 0.2) is 0 Å². The fourth-order valence-corrected chi connectivity index (χ4v) is 0.997. The van der Waals surface area contributed by atoms with Crippen molar-refractivity contribution in [2.45, 2.75) is 24.8 Å². The van der Waals surface area contributed by atoms with Gasteiger partial charge in [-0.15, -0.1) is 0 Å². The molecule has 0 aromatic rings. The molecule has 0 amide bonds. The first-order valence-electron chi connectivity index (χ1n) is 3.06. The van der Waals surface area contributed by atoms with E-state index in [4.69, 9.17) is 51.5 Å². The minimum atomic E-state index is -0.812. The normalized spacial score (nSPS) is 12.8. The number of allylic oxidation sites excluding steroid dienone is 1. The van der Waals surface area contributed by atoms with E-state index in [9.17, 15) is 0 Å². The van der Waals surface area contributed by atoms with E-state index in [1.807, 2.05) is 0 Å². The molecule has 1 N–H and O–H groups in total. The van der Waals surface area contributed by atoms with Crippen LogP contribution >= 0.6 is 46.4 Å². The Hall–Kier alpha value is 0.860. The molecule has 0 saturated heterocycles. The average molecular weight is 238 g/mol. The summed E-state index contributed by atoms with van der Waals surface area (Å²) >= 11 is 21.6. The highest BCUT2D eigenvalue weighted by Gasteiger charge is 2.01. The monoisotopic (exact) mass is 236 g/mol. The Balaban J connectivity index is 3.48. The van der Waals surface area contributed by atoms with Gasteiger partial charge in [0.05, 0.1) is 0 Å². The topological polar surface area (TPSA) is 20.2 Å². The van der Waals surface area contributed by atoms with Crippen molar-refractivity contribution in [2.24, 2.45) is 0 Å². The molecule has 0 aromatic heterocycles. The van der Waals surface area contributed by atoms with Crippen LogP contribution in [0.25, 0.3) is 0 Å². The van der Waals surface area contributed by atoms with Gasteiger partial charge in [-0.1, -0.05) is 46.4 Å². The van der Waals surface area contributed by atoms with Crippen LogP contribution in [-0.4, -0.2) is 10.7 Å². The summed E-state index contributed by atoms with van der Waals surface area (Å²) in [6, 6.07) is 0. The summed E-state index contributed by atoms with van der Waals surface area (Å²) in [6.45, 7) is 0. The van der Waals surface area contributed by atoms with Crippen LogP contribution in [0, 0.1) is 0 Å². The van der Waals surface area contributed by atoms with Crippen molar-refractivity contribution in [1.29, 1.82) is 0 Å². The molecule has 0 aromatic carbocycles. The maximum absolute atomic E-state index is 8.64. The van der Waals surface area contributed by atoms with Crippen molar-refractivity contribution in [3.8, 4) is 0 Å². The van der Waals surface area contributed by atoms with Gasteiger partial charge in [-0.05, 0) is 19.3 Å². The lowest BCUT2D eigenvalue weighted by Crippen LogP contribution is -1.94. The predicted octanol–water partition coefficient (Wildman–Crippen LogP) is 3.60. The molecule has 66 valence electrons. The molecule has 0 heterocycles. The van der Waals surface area contributed by atoms with Crippen molar-refractivity contribution < 1.29 is 5.11 Å². The highest BCUT2D eigenvalue weighted by atomic mass is 35.5. The molecule has 0 aliphatic rings. The molecule has 1 nitrogen and oxygen atoms in total. The number of aliphatic hydroxyl groups excluding tert-OH is 1. The van der Waals surface area contributed by atoms with Crippen molar-refractivity contribution in [1.82, 2.24) is 0 Å². The second-order valence-electron chi connectivity index (χ2n) is 1.99. The summed E-state index contributed by atoms with van der Waals surface area (Å²) in [4.78, 5) is 0. The first-order chi connectivity index (χ1) is 5.04. The number of hydrogen-bond acceptors (Lipinski definition) is 1. The molecule has 0 aliphatic carbocycles. The lowest BCUT2D eigenvalue weighted by molar-refractivity contribution is 0.242. The number of aliphatic hydroxyl groups is 1. The standard InChI is InChI=1S/C6H8Cl4O/c7-4(6(9)10)2-1-3-5(8)11/h5,11H,1-3H2. The van der Waals surface area contributed by atoms with E-state index >= 15 is 0 Å². The lowest BCUT2D eigenvalue weighted by Gasteiger charge is -2.00. The quantitative estimate of drug-likeness (QED) is 0.741. The van der Waals surface area contributed by atoms with Crippen molar-refractivity contribution in [3.63, 3.8) is 0 Å². The van der Waals surface area contributed by atoms with Crippen LogP contribution in [0.2, 0.25) is 0 Å². The summed E-state index contributed by atoms with van der Waals surface area (Å²) in [6.07, 6.45) is 1.71. The summed E-state index contributed by atoms with van der Waals surface area (Å²) < 4.78 is 0.0794. The molecule has 1 atom stereocenters. The van der Waals surface area contributed by atoms with E-state index in [0.29, 0.717) is 24.3 Å². The van der Waals surface area contributed by atoms with Crippen molar-refractivity contribution in [2.75, 3.05) is 0 Å². The van der Waals surface area contributed by atoms with Gasteiger partial charge in [-0.25, -0.2) is 0 Å². The van der Waals surface area contributed by atoms with E-state index in [0.717, 1.165) is 0 Å².